The van der Waals surface area contributed by atoms with Gasteiger partial charge < -0.3 is 10.3 Å². The van der Waals surface area contributed by atoms with Gasteiger partial charge in [-0.15, -0.1) is 0 Å². The van der Waals surface area contributed by atoms with Crippen molar-refractivity contribution in [2.75, 3.05) is 12.3 Å². The number of hydrogen-bond acceptors (Lipinski definition) is 3. The molecule has 1 aromatic heterocycles. The van der Waals surface area contributed by atoms with Gasteiger partial charge in [0.15, 0.2) is 5.16 Å². The topological polar surface area (TPSA) is 43.8 Å². The fraction of sp³-hybridized carbons (Fsp3) is 0.700. The van der Waals surface area contributed by atoms with Crippen molar-refractivity contribution in [1.82, 2.24) is 9.55 Å². The van der Waals surface area contributed by atoms with Crippen LogP contribution in [0.4, 0.5) is 0 Å². The SMILES string of the molecule is CC(C)CCn1ccnc1SCCN. The zero-order valence-corrected chi connectivity index (χ0v) is 9.76. The van der Waals surface area contributed by atoms with Crippen LogP contribution >= 0.6 is 11.8 Å². The van der Waals surface area contributed by atoms with Crippen LogP contribution in [0.2, 0.25) is 0 Å². The second-order valence-corrected chi connectivity index (χ2v) is 4.78. The summed E-state index contributed by atoms with van der Waals surface area (Å²) in [4.78, 5) is 4.30. The van der Waals surface area contributed by atoms with Gasteiger partial charge >= 0.3 is 0 Å². The van der Waals surface area contributed by atoms with Crippen molar-refractivity contribution in [3.63, 3.8) is 0 Å². The van der Waals surface area contributed by atoms with E-state index in [4.69, 9.17) is 5.73 Å². The molecule has 0 spiro atoms. The van der Waals surface area contributed by atoms with Crippen molar-refractivity contribution in [2.24, 2.45) is 11.7 Å². The van der Waals surface area contributed by atoms with E-state index in [1.54, 1.807) is 11.8 Å². The molecule has 0 amide bonds. The Bertz CT molecular complexity index is 258. The molecule has 0 aromatic carbocycles. The minimum atomic E-state index is 0.710. The van der Waals surface area contributed by atoms with Gasteiger partial charge in [-0.2, -0.15) is 0 Å². The van der Waals surface area contributed by atoms with Gasteiger partial charge in [-0.05, 0) is 12.3 Å². The molecule has 3 nitrogen and oxygen atoms in total. The molecule has 0 unspecified atom stereocenters. The first-order valence-electron chi connectivity index (χ1n) is 5.08. The van der Waals surface area contributed by atoms with Crippen molar-refractivity contribution < 1.29 is 0 Å². The van der Waals surface area contributed by atoms with Gasteiger partial charge in [0.05, 0.1) is 0 Å². The minimum Gasteiger partial charge on any atom is -0.330 e. The zero-order valence-electron chi connectivity index (χ0n) is 8.94. The van der Waals surface area contributed by atoms with Crippen LogP contribution in [0.25, 0.3) is 0 Å². The second kappa shape index (κ2) is 6.09. The van der Waals surface area contributed by atoms with Crippen molar-refractivity contribution in [1.29, 1.82) is 0 Å². The molecule has 0 saturated heterocycles. The molecule has 14 heavy (non-hydrogen) atoms. The molecule has 4 heteroatoms. The van der Waals surface area contributed by atoms with E-state index in [1.165, 1.54) is 6.42 Å². The normalized spacial score (nSPS) is 11.1. The lowest BCUT2D eigenvalue weighted by Gasteiger charge is -2.08. The molecule has 0 fully saturated rings. The van der Waals surface area contributed by atoms with Crippen LogP contribution in [-0.4, -0.2) is 21.8 Å². The summed E-state index contributed by atoms with van der Waals surface area (Å²) in [5.74, 6) is 1.68. The van der Waals surface area contributed by atoms with Gasteiger partial charge in [-0.25, -0.2) is 4.98 Å². The highest BCUT2D eigenvalue weighted by Crippen LogP contribution is 2.16. The summed E-state index contributed by atoms with van der Waals surface area (Å²) in [5, 5.41) is 1.09. The van der Waals surface area contributed by atoms with Gasteiger partial charge in [-0.3, -0.25) is 0 Å². The molecule has 0 radical (unpaired) electrons. The first-order chi connectivity index (χ1) is 6.74. The number of imidazole rings is 1. The highest BCUT2D eigenvalue weighted by Gasteiger charge is 2.03. The molecule has 1 heterocycles. The van der Waals surface area contributed by atoms with Crippen LogP contribution < -0.4 is 5.73 Å². The quantitative estimate of drug-likeness (QED) is 0.735. The maximum atomic E-state index is 5.46. The molecule has 2 N–H and O–H groups in total. The summed E-state index contributed by atoms with van der Waals surface area (Å²) in [6.07, 6.45) is 5.10. The van der Waals surface area contributed by atoms with Crippen LogP contribution in [0.3, 0.4) is 0 Å². The Morgan fingerprint density at radius 1 is 1.57 bits per heavy atom. The number of nitrogens with two attached hydrogens (primary N) is 1. The summed E-state index contributed by atoms with van der Waals surface area (Å²) < 4.78 is 2.21. The Morgan fingerprint density at radius 3 is 3.00 bits per heavy atom. The predicted molar refractivity (Wildman–Crippen MR) is 61.5 cm³/mol. The van der Waals surface area contributed by atoms with Crippen LogP contribution in [0, 0.1) is 5.92 Å². The lowest BCUT2D eigenvalue weighted by atomic mass is 10.1. The highest BCUT2D eigenvalue weighted by atomic mass is 32.2. The van der Waals surface area contributed by atoms with Crippen molar-refractivity contribution in [3.05, 3.63) is 12.4 Å². The van der Waals surface area contributed by atoms with E-state index in [0.717, 1.165) is 23.4 Å². The van der Waals surface area contributed by atoms with E-state index in [9.17, 15) is 0 Å². The van der Waals surface area contributed by atoms with E-state index in [1.807, 2.05) is 12.4 Å². The van der Waals surface area contributed by atoms with Crippen molar-refractivity contribution in [3.8, 4) is 0 Å². The van der Waals surface area contributed by atoms with E-state index < -0.39 is 0 Å². The van der Waals surface area contributed by atoms with Gasteiger partial charge in [0.25, 0.3) is 0 Å². The van der Waals surface area contributed by atoms with Crippen molar-refractivity contribution >= 4 is 11.8 Å². The summed E-state index contributed by atoms with van der Waals surface area (Å²) in [7, 11) is 0. The third kappa shape index (κ3) is 3.72. The Kier molecular flexibility index (Phi) is 5.04. The lowest BCUT2D eigenvalue weighted by Crippen LogP contribution is -2.05. The summed E-state index contributed by atoms with van der Waals surface area (Å²) in [6.45, 7) is 6.25. The Labute approximate surface area is 90.1 Å². The average Bonchev–Trinajstić information content (AvgIpc) is 2.58. The van der Waals surface area contributed by atoms with E-state index in [2.05, 4.69) is 23.4 Å². The van der Waals surface area contributed by atoms with Gasteiger partial charge in [-0.1, -0.05) is 25.6 Å². The number of hydrogen-bond donors (Lipinski definition) is 1. The molecule has 0 aliphatic carbocycles. The molecule has 0 aliphatic heterocycles. The minimum absolute atomic E-state index is 0.710. The summed E-state index contributed by atoms with van der Waals surface area (Å²) in [6, 6.07) is 0. The molecular formula is C10H19N3S. The number of rotatable bonds is 6. The molecule has 80 valence electrons. The monoisotopic (exact) mass is 213 g/mol. The van der Waals surface area contributed by atoms with E-state index in [0.29, 0.717) is 6.54 Å². The third-order valence-electron chi connectivity index (χ3n) is 1.97. The Hall–Kier alpha value is -0.480. The highest BCUT2D eigenvalue weighted by molar-refractivity contribution is 7.99. The summed E-state index contributed by atoms with van der Waals surface area (Å²) in [5.41, 5.74) is 5.46. The van der Waals surface area contributed by atoms with Gasteiger partial charge in [0, 0.05) is 31.2 Å². The molecule has 0 saturated carbocycles. The molecule has 0 aliphatic rings. The number of nitrogens with zero attached hydrogens (tertiary/aromatic N) is 2. The number of aryl methyl sites for hydroxylation is 1. The van der Waals surface area contributed by atoms with E-state index >= 15 is 0 Å². The maximum absolute atomic E-state index is 5.46. The molecule has 0 bridgehead atoms. The molecule has 0 atom stereocenters. The van der Waals surface area contributed by atoms with Gasteiger partial charge in [0.2, 0.25) is 0 Å². The standard InChI is InChI=1S/C10H19N3S/c1-9(2)3-6-13-7-5-12-10(13)14-8-4-11/h5,7,9H,3-4,6,8,11H2,1-2H3. The number of aromatic nitrogens is 2. The largest absolute Gasteiger partial charge is 0.330 e. The summed E-state index contributed by atoms with van der Waals surface area (Å²) >= 11 is 1.73. The Morgan fingerprint density at radius 2 is 2.36 bits per heavy atom. The van der Waals surface area contributed by atoms with Crippen molar-refractivity contribution in [2.45, 2.75) is 32.0 Å². The Balaban J connectivity index is 2.45. The fourth-order valence-corrected chi connectivity index (χ4v) is 1.91. The van der Waals surface area contributed by atoms with E-state index in [-0.39, 0.29) is 0 Å². The second-order valence-electron chi connectivity index (χ2n) is 3.72. The first kappa shape index (κ1) is 11.6. The predicted octanol–water partition coefficient (Wildman–Crippen LogP) is 1.98. The van der Waals surface area contributed by atoms with Gasteiger partial charge in [0.1, 0.15) is 0 Å². The third-order valence-corrected chi connectivity index (χ3v) is 3.01. The average molecular weight is 213 g/mol. The smallest absolute Gasteiger partial charge is 0.167 e. The lowest BCUT2D eigenvalue weighted by molar-refractivity contribution is 0.496. The molecule has 1 rings (SSSR count). The maximum Gasteiger partial charge on any atom is 0.167 e. The number of thioether (sulfide) groups is 1. The molecule has 1 aromatic rings. The first-order valence-corrected chi connectivity index (χ1v) is 6.06. The van der Waals surface area contributed by atoms with Crippen LogP contribution in [0.15, 0.2) is 17.6 Å². The fourth-order valence-electron chi connectivity index (χ4n) is 1.15. The van der Waals surface area contributed by atoms with Crippen LogP contribution in [0.5, 0.6) is 0 Å². The molecular weight excluding hydrogens is 194 g/mol. The zero-order chi connectivity index (χ0) is 10.4. The van der Waals surface area contributed by atoms with Crippen LogP contribution in [-0.2, 0) is 6.54 Å². The van der Waals surface area contributed by atoms with Crippen LogP contribution in [0.1, 0.15) is 20.3 Å².